The molecule has 0 aromatic heterocycles. The summed E-state index contributed by atoms with van der Waals surface area (Å²) in [5.41, 5.74) is 4.67. The van der Waals surface area contributed by atoms with E-state index in [0.29, 0.717) is 0 Å². The normalized spacial score (nSPS) is 12.1. The summed E-state index contributed by atoms with van der Waals surface area (Å²) in [5.74, 6) is -1.32. The van der Waals surface area contributed by atoms with Gasteiger partial charge in [0.2, 0.25) is 0 Å². The quantitative estimate of drug-likeness (QED) is 0.489. The second-order valence-electron chi connectivity index (χ2n) is 1.79. The predicted octanol–water partition coefficient (Wildman–Crippen LogP) is -1.82. The van der Waals surface area contributed by atoms with Crippen molar-refractivity contribution < 1.29 is 14.7 Å². The first-order chi connectivity index (χ1) is 4.57. The monoisotopic (exact) mass is 145 g/mol. The van der Waals surface area contributed by atoms with Crippen molar-refractivity contribution in [1.82, 2.24) is 5.32 Å². The maximum absolute atomic E-state index is 10.1. The summed E-state index contributed by atoms with van der Waals surface area (Å²) in [6.07, 6.45) is 0.269. The highest BCUT2D eigenvalue weighted by Gasteiger charge is 2.06. The number of carbonyl (C=O) groups excluding carboxylic acids is 2. The van der Waals surface area contributed by atoms with E-state index in [2.05, 4.69) is 5.73 Å². The Kier molecular flexibility index (Phi) is 3.24. The van der Waals surface area contributed by atoms with E-state index in [0.717, 1.165) is 0 Å². The number of hydrogen-bond donors (Lipinski definition) is 2. The van der Waals surface area contributed by atoms with E-state index >= 15 is 0 Å². The van der Waals surface area contributed by atoms with Gasteiger partial charge in [-0.1, -0.05) is 6.92 Å². The molecule has 1 atom stereocenters. The molecule has 0 bridgehead atoms. The standard InChI is InChI=1S/C5H10N2O3/c1-2-3(4(8)9)7-5(6)10/h3H,2H2,1H3,(H,8,9)(H3,6,7,10)/p-1/t3-/m0/s1. The number of carboxylic acid groups (broad SMARTS) is 1. The zero-order chi connectivity index (χ0) is 8.15. The van der Waals surface area contributed by atoms with Crippen LogP contribution in [0.15, 0.2) is 0 Å². The van der Waals surface area contributed by atoms with Gasteiger partial charge in [0.15, 0.2) is 0 Å². The molecule has 10 heavy (non-hydrogen) atoms. The van der Waals surface area contributed by atoms with Crippen molar-refractivity contribution in [2.24, 2.45) is 5.73 Å². The summed E-state index contributed by atoms with van der Waals surface area (Å²) in [4.78, 5) is 20.2. The zero-order valence-corrected chi connectivity index (χ0v) is 5.59. The maximum Gasteiger partial charge on any atom is 0.312 e. The summed E-state index contributed by atoms with van der Waals surface area (Å²) in [6, 6.07) is -1.83. The van der Waals surface area contributed by atoms with Gasteiger partial charge >= 0.3 is 6.03 Å². The molecule has 0 aliphatic rings. The molecule has 0 unspecified atom stereocenters. The van der Waals surface area contributed by atoms with Crippen molar-refractivity contribution in [3.8, 4) is 0 Å². The number of urea groups is 1. The van der Waals surface area contributed by atoms with Crippen LogP contribution in [0.4, 0.5) is 4.79 Å². The van der Waals surface area contributed by atoms with Crippen LogP contribution in [0, 0.1) is 0 Å². The van der Waals surface area contributed by atoms with Gasteiger partial charge in [0.25, 0.3) is 0 Å². The minimum absolute atomic E-state index is 0.269. The second kappa shape index (κ2) is 3.71. The number of amides is 2. The smallest absolute Gasteiger partial charge is 0.312 e. The van der Waals surface area contributed by atoms with E-state index in [1.54, 1.807) is 6.92 Å². The molecule has 5 heteroatoms. The summed E-state index contributed by atoms with van der Waals surface area (Å²) >= 11 is 0. The third kappa shape index (κ3) is 2.91. The van der Waals surface area contributed by atoms with Gasteiger partial charge in [-0.05, 0) is 6.42 Å². The van der Waals surface area contributed by atoms with Crippen LogP contribution in [0.25, 0.3) is 0 Å². The van der Waals surface area contributed by atoms with E-state index in [-0.39, 0.29) is 6.42 Å². The van der Waals surface area contributed by atoms with Crippen LogP contribution < -0.4 is 16.2 Å². The fraction of sp³-hybridized carbons (Fsp3) is 0.600. The van der Waals surface area contributed by atoms with Crippen molar-refractivity contribution in [2.45, 2.75) is 19.4 Å². The minimum atomic E-state index is -1.32. The Morgan fingerprint density at radius 3 is 2.30 bits per heavy atom. The highest BCUT2D eigenvalue weighted by molar-refractivity contribution is 5.80. The minimum Gasteiger partial charge on any atom is -0.548 e. The van der Waals surface area contributed by atoms with Gasteiger partial charge < -0.3 is 21.0 Å². The first-order valence-electron chi connectivity index (χ1n) is 2.84. The number of carbonyl (C=O) groups is 2. The van der Waals surface area contributed by atoms with E-state index < -0.39 is 18.0 Å². The molecule has 0 spiro atoms. The summed E-state index contributed by atoms with van der Waals surface area (Å²) in [5, 5.41) is 12.1. The molecular formula is C5H9N2O3-. The third-order valence-electron chi connectivity index (χ3n) is 1.01. The molecule has 0 saturated carbocycles. The van der Waals surface area contributed by atoms with E-state index in [1.807, 2.05) is 5.32 Å². The molecule has 0 aromatic rings. The van der Waals surface area contributed by atoms with Crippen molar-refractivity contribution in [2.75, 3.05) is 0 Å². The van der Waals surface area contributed by atoms with Crippen LogP contribution in [0.5, 0.6) is 0 Å². The van der Waals surface area contributed by atoms with Crippen LogP contribution in [0.3, 0.4) is 0 Å². The molecule has 0 aliphatic heterocycles. The predicted molar refractivity (Wildman–Crippen MR) is 31.8 cm³/mol. The Labute approximate surface area is 58.2 Å². The third-order valence-corrected chi connectivity index (χ3v) is 1.01. The lowest BCUT2D eigenvalue weighted by molar-refractivity contribution is -0.308. The number of rotatable bonds is 3. The SMILES string of the molecule is CC[C@H](NC(N)=O)C(=O)[O-]. The molecule has 5 nitrogen and oxygen atoms in total. The number of nitrogens with two attached hydrogens (primary N) is 1. The lowest BCUT2D eigenvalue weighted by Gasteiger charge is -2.15. The van der Waals surface area contributed by atoms with E-state index in [9.17, 15) is 14.7 Å². The average Bonchev–Trinajstić information content (AvgIpc) is 1.81. The maximum atomic E-state index is 10.1. The molecule has 58 valence electrons. The van der Waals surface area contributed by atoms with Crippen LogP contribution >= 0.6 is 0 Å². The summed E-state index contributed by atoms with van der Waals surface area (Å²) in [6.45, 7) is 1.61. The van der Waals surface area contributed by atoms with Gasteiger partial charge in [0.05, 0.1) is 12.0 Å². The molecule has 0 aliphatic carbocycles. The molecule has 0 aromatic carbocycles. The van der Waals surface area contributed by atoms with Crippen molar-refractivity contribution >= 4 is 12.0 Å². The molecule has 0 radical (unpaired) electrons. The van der Waals surface area contributed by atoms with Crippen LogP contribution in [-0.4, -0.2) is 18.0 Å². The van der Waals surface area contributed by atoms with E-state index in [4.69, 9.17) is 0 Å². The van der Waals surface area contributed by atoms with Gasteiger partial charge in [-0.3, -0.25) is 0 Å². The first-order valence-corrected chi connectivity index (χ1v) is 2.84. The Morgan fingerprint density at radius 1 is 1.70 bits per heavy atom. The number of primary amides is 1. The number of nitrogens with one attached hydrogen (secondary N) is 1. The number of carboxylic acids is 1. The fourth-order valence-corrected chi connectivity index (χ4v) is 0.499. The Morgan fingerprint density at radius 2 is 2.20 bits per heavy atom. The molecule has 0 heterocycles. The molecule has 0 fully saturated rings. The highest BCUT2D eigenvalue weighted by Crippen LogP contribution is 1.86. The Bertz CT molecular complexity index is 146. The highest BCUT2D eigenvalue weighted by atomic mass is 16.4. The van der Waals surface area contributed by atoms with Gasteiger partial charge in [0, 0.05) is 0 Å². The van der Waals surface area contributed by atoms with Crippen LogP contribution in [-0.2, 0) is 4.79 Å². The summed E-state index contributed by atoms with van der Waals surface area (Å²) in [7, 11) is 0. The lowest BCUT2D eigenvalue weighted by Crippen LogP contribution is -2.49. The zero-order valence-electron chi connectivity index (χ0n) is 5.59. The molecule has 0 rings (SSSR count). The Hall–Kier alpha value is -1.26. The van der Waals surface area contributed by atoms with Gasteiger partial charge in [-0.2, -0.15) is 0 Å². The number of hydrogen-bond acceptors (Lipinski definition) is 3. The van der Waals surface area contributed by atoms with Gasteiger partial charge in [-0.15, -0.1) is 0 Å². The lowest BCUT2D eigenvalue weighted by atomic mass is 10.2. The topological polar surface area (TPSA) is 95.2 Å². The van der Waals surface area contributed by atoms with Crippen molar-refractivity contribution in [3.63, 3.8) is 0 Å². The average molecular weight is 145 g/mol. The van der Waals surface area contributed by atoms with Crippen LogP contribution in [0.2, 0.25) is 0 Å². The molecule has 3 N–H and O–H groups in total. The largest absolute Gasteiger partial charge is 0.548 e. The number of aliphatic carboxylic acids is 1. The fourth-order valence-electron chi connectivity index (χ4n) is 0.499. The first kappa shape index (κ1) is 8.74. The van der Waals surface area contributed by atoms with Gasteiger partial charge in [-0.25, -0.2) is 4.79 Å². The summed E-state index contributed by atoms with van der Waals surface area (Å²) < 4.78 is 0. The Balaban J connectivity index is 3.83. The van der Waals surface area contributed by atoms with Gasteiger partial charge in [0.1, 0.15) is 0 Å². The molecule has 2 amide bonds. The van der Waals surface area contributed by atoms with E-state index in [1.165, 1.54) is 0 Å². The molecular weight excluding hydrogens is 136 g/mol. The molecule has 0 saturated heterocycles. The van der Waals surface area contributed by atoms with Crippen molar-refractivity contribution in [3.05, 3.63) is 0 Å². The second-order valence-corrected chi connectivity index (χ2v) is 1.79. The van der Waals surface area contributed by atoms with Crippen LogP contribution in [0.1, 0.15) is 13.3 Å². The van der Waals surface area contributed by atoms with Crippen molar-refractivity contribution in [1.29, 1.82) is 0 Å².